The number of nitrogens with zero attached hydrogens (tertiary/aromatic N) is 1. The van der Waals surface area contributed by atoms with E-state index < -0.39 is 0 Å². The van der Waals surface area contributed by atoms with Gasteiger partial charge in [-0.25, -0.2) is 0 Å². The smallest absolute Gasteiger partial charge is 0.0888 e. The van der Waals surface area contributed by atoms with Crippen molar-refractivity contribution in [1.29, 1.82) is 0 Å². The van der Waals surface area contributed by atoms with Gasteiger partial charge in [-0.15, -0.1) is 0 Å². The Bertz CT molecular complexity index is 453. The Hall–Kier alpha value is -1.41. The Kier molecular flexibility index (Phi) is 3.89. The van der Waals surface area contributed by atoms with Gasteiger partial charge >= 0.3 is 0 Å². The SMILES string of the molecule is CCCCOCc1cc2ccccc2cn1. The van der Waals surface area contributed by atoms with E-state index in [4.69, 9.17) is 4.74 Å². The topological polar surface area (TPSA) is 22.1 Å². The summed E-state index contributed by atoms with van der Waals surface area (Å²) < 4.78 is 5.55. The molecule has 0 aliphatic heterocycles. The minimum atomic E-state index is 0.616. The third-order valence-electron chi connectivity index (χ3n) is 2.58. The maximum atomic E-state index is 5.55. The van der Waals surface area contributed by atoms with Gasteiger partial charge in [0.2, 0.25) is 0 Å². The lowest BCUT2D eigenvalue weighted by molar-refractivity contribution is 0.115. The molecular weight excluding hydrogens is 198 g/mol. The number of pyridine rings is 1. The second-order valence-electron chi connectivity index (χ2n) is 3.93. The van der Waals surface area contributed by atoms with Crippen LogP contribution in [-0.2, 0) is 11.3 Å². The highest BCUT2D eigenvalue weighted by molar-refractivity contribution is 5.81. The fraction of sp³-hybridized carbons (Fsp3) is 0.357. The molecule has 2 aromatic rings. The summed E-state index contributed by atoms with van der Waals surface area (Å²) in [5.41, 5.74) is 1.01. The van der Waals surface area contributed by atoms with Gasteiger partial charge in [0.1, 0.15) is 0 Å². The van der Waals surface area contributed by atoms with Crippen LogP contribution in [0.25, 0.3) is 10.8 Å². The van der Waals surface area contributed by atoms with Crippen LogP contribution >= 0.6 is 0 Å². The van der Waals surface area contributed by atoms with Crippen molar-refractivity contribution in [2.75, 3.05) is 6.61 Å². The van der Waals surface area contributed by atoms with Gasteiger partial charge in [-0.2, -0.15) is 0 Å². The summed E-state index contributed by atoms with van der Waals surface area (Å²) in [6, 6.07) is 10.4. The van der Waals surface area contributed by atoms with Crippen molar-refractivity contribution in [2.24, 2.45) is 0 Å². The largest absolute Gasteiger partial charge is 0.375 e. The van der Waals surface area contributed by atoms with Crippen LogP contribution in [0.3, 0.4) is 0 Å². The molecule has 0 amide bonds. The normalized spacial score (nSPS) is 10.8. The van der Waals surface area contributed by atoms with E-state index in [9.17, 15) is 0 Å². The van der Waals surface area contributed by atoms with Gasteiger partial charge in [0.15, 0.2) is 0 Å². The second-order valence-corrected chi connectivity index (χ2v) is 3.93. The van der Waals surface area contributed by atoms with Crippen LogP contribution < -0.4 is 0 Å². The molecular formula is C14H17NO. The average Bonchev–Trinajstić information content (AvgIpc) is 2.34. The number of rotatable bonds is 5. The molecule has 0 atom stereocenters. The van der Waals surface area contributed by atoms with E-state index in [1.165, 1.54) is 17.2 Å². The van der Waals surface area contributed by atoms with E-state index in [0.29, 0.717) is 6.61 Å². The highest BCUT2D eigenvalue weighted by Crippen LogP contribution is 2.13. The lowest BCUT2D eigenvalue weighted by Gasteiger charge is -2.04. The van der Waals surface area contributed by atoms with E-state index in [1.807, 2.05) is 18.3 Å². The van der Waals surface area contributed by atoms with Crippen molar-refractivity contribution >= 4 is 10.8 Å². The maximum Gasteiger partial charge on any atom is 0.0888 e. The Balaban J connectivity index is 2.02. The molecule has 0 N–H and O–H groups in total. The third-order valence-corrected chi connectivity index (χ3v) is 2.58. The molecule has 0 aliphatic rings. The maximum absolute atomic E-state index is 5.55. The van der Waals surface area contributed by atoms with Gasteiger partial charge in [-0.1, -0.05) is 37.6 Å². The summed E-state index contributed by atoms with van der Waals surface area (Å²) in [5, 5.41) is 2.41. The lowest BCUT2D eigenvalue weighted by atomic mass is 10.1. The van der Waals surface area contributed by atoms with E-state index >= 15 is 0 Å². The van der Waals surface area contributed by atoms with Crippen LogP contribution in [0.5, 0.6) is 0 Å². The number of fused-ring (bicyclic) bond motifs is 1. The van der Waals surface area contributed by atoms with Gasteiger partial charge in [0.25, 0.3) is 0 Å². The monoisotopic (exact) mass is 215 g/mol. The summed E-state index contributed by atoms with van der Waals surface area (Å²) in [7, 11) is 0. The first-order chi connectivity index (χ1) is 7.90. The van der Waals surface area contributed by atoms with Crippen molar-refractivity contribution in [1.82, 2.24) is 4.98 Å². The third kappa shape index (κ3) is 2.80. The first-order valence-electron chi connectivity index (χ1n) is 5.81. The molecule has 0 saturated heterocycles. The Labute approximate surface area is 96.3 Å². The molecule has 1 heterocycles. The number of aromatic nitrogens is 1. The van der Waals surface area contributed by atoms with Crippen molar-refractivity contribution in [2.45, 2.75) is 26.4 Å². The number of benzene rings is 1. The summed E-state index contributed by atoms with van der Waals surface area (Å²) in [4.78, 5) is 4.38. The predicted octanol–water partition coefficient (Wildman–Crippen LogP) is 3.55. The first kappa shape index (κ1) is 11.1. The molecule has 1 aromatic carbocycles. The zero-order valence-electron chi connectivity index (χ0n) is 9.65. The Morgan fingerprint density at radius 3 is 2.81 bits per heavy atom. The van der Waals surface area contributed by atoms with Crippen LogP contribution in [0.1, 0.15) is 25.5 Å². The molecule has 0 unspecified atom stereocenters. The fourth-order valence-electron chi connectivity index (χ4n) is 1.63. The lowest BCUT2D eigenvalue weighted by Crippen LogP contribution is -1.97. The minimum absolute atomic E-state index is 0.616. The number of hydrogen-bond acceptors (Lipinski definition) is 2. The second kappa shape index (κ2) is 5.61. The molecule has 0 radical (unpaired) electrons. The fourth-order valence-corrected chi connectivity index (χ4v) is 1.63. The predicted molar refractivity (Wildman–Crippen MR) is 66.3 cm³/mol. The van der Waals surface area contributed by atoms with Crippen LogP contribution in [-0.4, -0.2) is 11.6 Å². The highest BCUT2D eigenvalue weighted by Gasteiger charge is 1.97. The van der Waals surface area contributed by atoms with E-state index in [0.717, 1.165) is 18.7 Å². The molecule has 2 nitrogen and oxygen atoms in total. The van der Waals surface area contributed by atoms with Crippen molar-refractivity contribution < 1.29 is 4.74 Å². The molecule has 0 saturated carbocycles. The molecule has 0 fully saturated rings. The number of unbranched alkanes of at least 4 members (excludes halogenated alkanes) is 1. The molecule has 2 rings (SSSR count). The van der Waals surface area contributed by atoms with Crippen LogP contribution in [0.2, 0.25) is 0 Å². The summed E-state index contributed by atoms with van der Waals surface area (Å²) >= 11 is 0. The molecule has 0 bridgehead atoms. The zero-order chi connectivity index (χ0) is 11.2. The summed E-state index contributed by atoms with van der Waals surface area (Å²) in [6.07, 6.45) is 4.20. The standard InChI is InChI=1S/C14H17NO/c1-2-3-8-16-11-14-9-12-6-4-5-7-13(12)10-15-14/h4-7,9-10H,2-3,8,11H2,1H3. The van der Waals surface area contributed by atoms with Gasteiger partial charge in [0.05, 0.1) is 12.3 Å². The molecule has 1 aromatic heterocycles. The van der Waals surface area contributed by atoms with Crippen molar-refractivity contribution in [3.63, 3.8) is 0 Å². The summed E-state index contributed by atoms with van der Waals surface area (Å²) in [6.45, 7) is 3.60. The van der Waals surface area contributed by atoms with Crippen LogP contribution in [0, 0.1) is 0 Å². The van der Waals surface area contributed by atoms with Gasteiger partial charge in [-0.05, 0) is 17.9 Å². The number of hydrogen-bond donors (Lipinski definition) is 0. The highest BCUT2D eigenvalue weighted by atomic mass is 16.5. The van der Waals surface area contributed by atoms with Gasteiger partial charge in [0, 0.05) is 18.2 Å². The van der Waals surface area contributed by atoms with E-state index in [-0.39, 0.29) is 0 Å². The van der Waals surface area contributed by atoms with Gasteiger partial charge in [-0.3, -0.25) is 4.98 Å². The molecule has 2 heteroatoms. The van der Waals surface area contributed by atoms with E-state index in [2.05, 4.69) is 30.1 Å². The summed E-state index contributed by atoms with van der Waals surface area (Å²) in [5.74, 6) is 0. The first-order valence-corrected chi connectivity index (χ1v) is 5.81. The van der Waals surface area contributed by atoms with Crippen LogP contribution in [0.15, 0.2) is 36.5 Å². The van der Waals surface area contributed by atoms with Crippen LogP contribution in [0.4, 0.5) is 0 Å². The molecule has 16 heavy (non-hydrogen) atoms. The molecule has 0 aliphatic carbocycles. The molecule has 84 valence electrons. The zero-order valence-corrected chi connectivity index (χ0v) is 9.65. The Morgan fingerprint density at radius 1 is 1.19 bits per heavy atom. The quantitative estimate of drug-likeness (QED) is 0.711. The molecule has 0 spiro atoms. The van der Waals surface area contributed by atoms with Crippen molar-refractivity contribution in [3.8, 4) is 0 Å². The van der Waals surface area contributed by atoms with Crippen molar-refractivity contribution in [3.05, 3.63) is 42.2 Å². The number of ether oxygens (including phenoxy) is 1. The van der Waals surface area contributed by atoms with E-state index in [1.54, 1.807) is 0 Å². The van der Waals surface area contributed by atoms with Gasteiger partial charge < -0.3 is 4.74 Å². The Morgan fingerprint density at radius 2 is 2.00 bits per heavy atom. The minimum Gasteiger partial charge on any atom is -0.375 e. The average molecular weight is 215 g/mol.